The summed E-state index contributed by atoms with van der Waals surface area (Å²) < 4.78 is 17.7. The van der Waals surface area contributed by atoms with Crippen molar-refractivity contribution in [3.8, 4) is 17.1 Å². The Bertz CT molecular complexity index is 1370. The van der Waals surface area contributed by atoms with Crippen LogP contribution in [0.15, 0.2) is 73.2 Å². The van der Waals surface area contributed by atoms with Crippen LogP contribution in [0.5, 0.6) is 0 Å². The van der Waals surface area contributed by atoms with Crippen LogP contribution in [0.4, 0.5) is 10.2 Å². The van der Waals surface area contributed by atoms with E-state index in [1.165, 1.54) is 12.4 Å². The number of benzene rings is 1. The molecule has 4 heterocycles. The summed E-state index contributed by atoms with van der Waals surface area (Å²) in [5, 5.41) is 12.2. The molecule has 5 rings (SSSR count). The van der Waals surface area contributed by atoms with Crippen LogP contribution in [0.25, 0.3) is 22.7 Å². The van der Waals surface area contributed by atoms with E-state index in [9.17, 15) is 4.39 Å². The van der Waals surface area contributed by atoms with Crippen LogP contribution < -0.4 is 5.32 Å². The van der Waals surface area contributed by atoms with Crippen molar-refractivity contribution in [2.75, 3.05) is 5.32 Å². The molecule has 0 saturated heterocycles. The molecule has 0 amide bonds. The zero-order chi connectivity index (χ0) is 21.4. The Hall–Kier alpha value is -4.07. The largest absolute Gasteiger partial charge is 0.362 e. The van der Waals surface area contributed by atoms with Gasteiger partial charge in [0, 0.05) is 29.1 Å². The third kappa shape index (κ3) is 3.63. The standard InChI is InChI=1S/C23H20FN7/c1-15-6-5-9-22(27-15)31-20(17-10-11-30-23(12-17)25-14-26-30)13-21(29-31)28-16(2)18-7-3-4-8-19(18)24/h3-14,16H,1-2H3,(H,28,29). The van der Waals surface area contributed by atoms with Gasteiger partial charge in [-0.05, 0) is 44.2 Å². The van der Waals surface area contributed by atoms with Gasteiger partial charge in [-0.15, -0.1) is 5.10 Å². The van der Waals surface area contributed by atoms with E-state index in [2.05, 4.69) is 20.4 Å². The fraction of sp³-hybridized carbons (Fsp3) is 0.130. The van der Waals surface area contributed by atoms with Crippen molar-refractivity contribution in [1.29, 1.82) is 0 Å². The quantitative estimate of drug-likeness (QED) is 0.456. The molecule has 0 aliphatic carbocycles. The van der Waals surface area contributed by atoms with Gasteiger partial charge in [-0.25, -0.2) is 23.6 Å². The first-order valence-electron chi connectivity index (χ1n) is 9.93. The van der Waals surface area contributed by atoms with E-state index in [1.54, 1.807) is 21.3 Å². The predicted molar refractivity (Wildman–Crippen MR) is 117 cm³/mol. The average molecular weight is 413 g/mol. The van der Waals surface area contributed by atoms with Crippen molar-refractivity contribution in [3.63, 3.8) is 0 Å². The molecule has 7 nitrogen and oxygen atoms in total. The molecule has 0 bridgehead atoms. The number of nitrogens with zero attached hydrogens (tertiary/aromatic N) is 6. The SMILES string of the molecule is Cc1cccc(-n2nc(NC(C)c3ccccc3F)cc2-c2ccn3ncnc3c2)n1. The lowest BCUT2D eigenvalue weighted by molar-refractivity contribution is 0.600. The van der Waals surface area contributed by atoms with E-state index >= 15 is 0 Å². The molecule has 1 unspecified atom stereocenters. The van der Waals surface area contributed by atoms with Gasteiger partial charge in [-0.1, -0.05) is 24.3 Å². The van der Waals surface area contributed by atoms with Gasteiger partial charge in [0.2, 0.25) is 0 Å². The highest BCUT2D eigenvalue weighted by Crippen LogP contribution is 2.28. The Labute approximate surface area is 178 Å². The highest BCUT2D eigenvalue weighted by molar-refractivity contribution is 5.68. The van der Waals surface area contributed by atoms with Gasteiger partial charge in [0.1, 0.15) is 18.0 Å². The molecule has 31 heavy (non-hydrogen) atoms. The van der Waals surface area contributed by atoms with E-state index in [1.807, 2.05) is 62.5 Å². The second-order valence-corrected chi connectivity index (χ2v) is 7.33. The smallest absolute Gasteiger partial charge is 0.155 e. The van der Waals surface area contributed by atoms with Crippen molar-refractivity contribution in [2.24, 2.45) is 0 Å². The van der Waals surface area contributed by atoms with Gasteiger partial charge in [0.25, 0.3) is 0 Å². The Morgan fingerprint density at radius 2 is 1.90 bits per heavy atom. The number of hydrogen-bond acceptors (Lipinski definition) is 5. The zero-order valence-electron chi connectivity index (χ0n) is 17.1. The summed E-state index contributed by atoms with van der Waals surface area (Å²) in [5.74, 6) is 1.07. The summed E-state index contributed by atoms with van der Waals surface area (Å²) >= 11 is 0. The first kappa shape index (κ1) is 18.9. The number of aryl methyl sites for hydroxylation is 1. The molecule has 1 aromatic carbocycles. The summed E-state index contributed by atoms with van der Waals surface area (Å²) in [6, 6.07) is 18.1. The van der Waals surface area contributed by atoms with Crippen molar-refractivity contribution in [3.05, 3.63) is 90.3 Å². The maximum absolute atomic E-state index is 14.2. The normalized spacial score (nSPS) is 12.2. The van der Waals surface area contributed by atoms with Crippen molar-refractivity contribution in [1.82, 2.24) is 29.4 Å². The maximum Gasteiger partial charge on any atom is 0.155 e. The number of fused-ring (bicyclic) bond motifs is 1. The number of halogens is 1. The topological polar surface area (TPSA) is 72.9 Å². The first-order chi connectivity index (χ1) is 15.1. The number of rotatable bonds is 5. The summed E-state index contributed by atoms with van der Waals surface area (Å²) in [4.78, 5) is 8.90. The van der Waals surface area contributed by atoms with Crippen molar-refractivity contribution in [2.45, 2.75) is 19.9 Å². The highest BCUT2D eigenvalue weighted by Gasteiger charge is 2.17. The maximum atomic E-state index is 14.2. The molecule has 1 N–H and O–H groups in total. The molecule has 0 aliphatic rings. The molecule has 8 heteroatoms. The lowest BCUT2D eigenvalue weighted by Gasteiger charge is -2.14. The minimum absolute atomic E-state index is 0.250. The zero-order valence-corrected chi connectivity index (χ0v) is 17.1. The molecule has 5 aromatic rings. The molecule has 0 radical (unpaired) electrons. The van der Waals surface area contributed by atoms with E-state index in [4.69, 9.17) is 5.10 Å². The van der Waals surface area contributed by atoms with Crippen LogP contribution in [0.1, 0.15) is 24.2 Å². The van der Waals surface area contributed by atoms with E-state index < -0.39 is 0 Å². The van der Waals surface area contributed by atoms with E-state index in [-0.39, 0.29) is 11.9 Å². The molecular weight excluding hydrogens is 393 g/mol. The van der Waals surface area contributed by atoms with Crippen LogP contribution in [-0.2, 0) is 0 Å². The molecule has 0 spiro atoms. The number of anilines is 1. The van der Waals surface area contributed by atoms with Crippen LogP contribution in [0.3, 0.4) is 0 Å². The van der Waals surface area contributed by atoms with Crippen molar-refractivity contribution >= 4 is 11.5 Å². The summed E-state index contributed by atoms with van der Waals surface area (Å²) in [7, 11) is 0. The highest BCUT2D eigenvalue weighted by atomic mass is 19.1. The fourth-order valence-corrected chi connectivity index (χ4v) is 3.58. The van der Waals surface area contributed by atoms with Gasteiger partial charge in [0.05, 0.1) is 11.7 Å². The summed E-state index contributed by atoms with van der Waals surface area (Å²) in [6.07, 6.45) is 3.37. The third-order valence-corrected chi connectivity index (χ3v) is 5.11. The van der Waals surface area contributed by atoms with Crippen molar-refractivity contribution < 1.29 is 4.39 Å². The minimum atomic E-state index is -0.262. The Morgan fingerprint density at radius 3 is 2.74 bits per heavy atom. The Kier molecular flexibility index (Phi) is 4.66. The van der Waals surface area contributed by atoms with Crippen LogP contribution >= 0.6 is 0 Å². The fourth-order valence-electron chi connectivity index (χ4n) is 3.58. The monoisotopic (exact) mass is 413 g/mol. The second-order valence-electron chi connectivity index (χ2n) is 7.33. The predicted octanol–water partition coefficient (Wildman–Crippen LogP) is 4.60. The Morgan fingerprint density at radius 1 is 1.03 bits per heavy atom. The van der Waals surface area contributed by atoms with Gasteiger partial charge < -0.3 is 5.32 Å². The van der Waals surface area contributed by atoms with Crippen LogP contribution in [0, 0.1) is 12.7 Å². The third-order valence-electron chi connectivity index (χ3n) is 5.11. The van der Waals surface area contributed by atoms with E-state index in [0.29, 0.717) is 17.2 Å². The summed E-state index contributed by atoms with van der Waals surface area (Å²) in [6.45, 7) is 3.85. The second kappa shape index (κ2) is 7.64. The van der Waals surface area contributed by atoms with Crippen LogP contribution in [0.2, 0.25) is 0 Å². The molecule has 154 valence electrons. The lowest BCUT2D eigenvalue weighted by atomic mass is 10.1. The molecule has 4 aromatic heterocycles. The summed E-state index contributed by atoms with van der Waals surface area (Å²) in [5.41, 5.74) is 3.96. The molecule has 0 saturated carbocycles. The minimum Gasteiger partial charge on any atom is -0.362 e. The van der Waals surface area contributed by atoms with E-state index in [0.717, 1.165) is 22.6 Å². The molecule has 0 aliphatic heterocycles. The number of pyridine rings is 2. The number of aromatic nitrogens is 6. The molecule has 0 fully saturated rings. The van der Waals surface area contributed by atoms with Gasteiger partial charge in [-0.2, -0.15) is 5.10 Å². The number of hydrogen-bond donors (Lipinski definition) is 1. The average Bonchev–Trinajstić information content (AvgIpc) is 3.40. The first-order valence-corrected chi connectivity index (χ1v) is 9.93. The van der Waals surface area contributed by atoms with Gasteiger partial charge >= 0.3 is 0 Å². The lowest BCUT2D eigenvalue weighted by Crippen LogP contribution is -2.09. The van der Waals surface area contributed by atoms with Crippen LogP contribution in [-0.4, -0.2) is 29.4 Å². The molecular formula is C23H20FN7. The van der Waals surface area contributed by atoms with Gasteiger partial charge in [-0.3, -0.25) is 0 Å². The Balaban J connectivity index is 1.59. The molecule has 1 atom stereocenters. The number of nitrogens with one attached hydrogen (secondary N) is 1. The van der Waals surface area contributed by atoms with Gasteiger partial charge in [0.15, 0.2) is 11.5 Å².